The van der Waals surface area contributed by atoms with Crippen molar-refractivity contribution < 1.29 is 4.79 Å². The topological polar surface area (TPSA) is 17.1 Å². The fourth-order valence-corrected chi connectivity index (χ4v) is 12.0. The Kier molecular flexibility index (Phi) is 4.80. The van der Waals surface area contributed by atoms with Crippen LogP contribution < -0.4 is 0 Å². The van der Waals surface area contributed by atoms with Gasteiger partial charge in [0.15, 0.2) is 0 Å². The standard InChI is InChI=1S/C30H50O/c1-19(2)20-12-16-27(5)21(20)13-17-29(7)23(27)10-11-24-28(6)15-9-14-26(3,4)25(28)22(31)18-30(24,29)8/h19-21,23-25H,9-18H2,1-8H3/t20-,21-,23+,24+,25-,27-,28+,29+,30+/m0/s1. The molecule has 0 spiro atoms. The summed E-state index contributed by atoms with van der Waals surface area (Å²) in [6.45, 7) is 20.2. The largest absolute Gasteiger partial charge is 0.299 e. The van der Waals surface area contributed by atoms with Crippen LogP contribution in [0.5, 0.6) is 0 Å². The number of ketones is 1. The fraction of sp³-hybridized carbons (Fsp3) is 0.967. The first-order chi connectivity index (χ1) is 14.3. The molecule has 0 aromatic heterocycles. The Morgan fingerprint density at radius 1 is 0.742 bits per heavy atom. The molecule has 0 bridgehead atoms. The van der Waals surface area contributed by atoms with Crippen LogP contribution in [0.1, 0.15) is 120 Å². The van der Waals surface area contributed by atoms with Crippen LogP contribution in [0.15, 0.2) is 0 Å². The van der Waals surface area contributed by atoms with E-state index in [2.05, 4.69) is 55.4 Å². The minimum atomic E-state index is 0.183. The maximum Gasteiger partial charge on any atom is 0.137 e. The zero-order chi connectivity index (χ0) is 22.6. The van der Waals surface area contributed by atoms with Gasteiger partial charge in [-0.05, 0) is 108 Å². The number of rotatable bonds is 1. The van der Waals surface area contributed by atoms with Gasteiger partial charge in [0.2, 0.25) is 0 Å². The quantitative estimate of drug-likeness (QED) is 0.412. The van der Waals surface area contributed by atoms with Crippen LogP contribution in [0.25, 0.3) is 0 Å². The molecule has 0 aromatic rings. The molecule has 0 aliphatic heterocycles. The number of carbonyl (C=O) groups is 1. The second-order valence-electron chi connectivity index (χ2n) is 15.0. The molecule has 31 heavy (non-hydrogen) atoms. The third-order valence-corrected chi connectivity index (χ3v) is 13.2. The molecule has 5 rings (SSSR count). The molecule has 0 aromatic carbocycles. The van der Waals surface area contributed by atoms with Crippen molar-refractivity contribution in [1.29, 1.82) is 0 Å². The van der Waals surface area contributed by atoms with Gasteiger partial charge < -0.3 is 0 Å². The minimum absolute atomic E-state index is 0.183. The van der Waals surface area contributed by atoms with Gasteiger partial charge in [0.05, 0.1) is 0 Å². The molecule has 0 N–H and O–H groups in total. The maximum absolute atomic E-state index is 14.0. The summed E-state index contributed by atoms with van der Waals surface area (Å²) < 4.78 is 0. The van der Waals surface area contributed by atoms with Crippen molar-refractivity contribution in [1.82, 2.24) is 0 Å². The first kappa shape index (κ1) is 22.5. The summed E-state index contributed by atoms with van der Waals surface area (Å²) in [6.07, 6.45) is 13.1. The second-order valence-corrected chi connectivity index (χ2v) is 15.0. The molecular formula is C30H50O. The highest BCUT2D eigenvalue weighted by molar-refractivity contribution is 5.85. The van der Waals surface area contributed by atoms with Crippen molar-refractivity contribution in [2.75, 3.05) is 0 Å². The average Bonchev–Trinajstić information content (AvgIpc) is 2.98. The molecule has 1 heteroatoms. The van der Waals surface area contributed by atoms with E-state index in [1.54, 1.807) is 0 Å². The van der Waals surface area contributed by atoms with Crippen molar-refractivity contribution in [2.45, 2.75) is 120 Å². The van der Waals surface area contributed by atoms with Gasteiger partial charge in [-0.15, -0.1) is 0 Å². The predicted molar refractivity (Wildman–Crippen MR) is 130 cm³/mol. The third kappa shape index (κ3) is 2.65. The van der Waals surface area contributed by atoms with Crippen LogP contribution in [-0.2, 0) is 4.79 Å². The fourth-order valence-electron chi connectivity index (χ4n) is 12.0. The summed E-state index contributed by atoms with van der Waals surface area (Å²) in [5.41, 5.74) is 1.42. The van der Waals surface area contributed by atoms with Gasteiger partial charge in [0, 0.05) is 12.3 Å². The molecule has 0 unspecified atom stereocenters. The van der Waals surface area contributed by atoms with E-state index < -0.39 is 0 Å². The molecule has 176 valence electrons. The Labute approximate surface area is 192 Å². The van der Waals surface area contributed by atoms with E-state index in [9.17, 15) is 4.79 Å². The van der Waals surface area contributed by atoms with Gasteiger partial charge in [-0.3, -0.25) is 4.79 Å². The molecular weight excluding hydrogens is 376 g/mol. The van der Waals surface area contributed by atoms with E-state index in [0.717, 1.165) is 36.0 Å². The van der Waals surface area contributed by atoms with Crippen molar-refractivity contribution in [3.05, 3.63) is 0 Å². The van der Waals surface area contributed by atoms with E-state index in [4.69, 9.17) is 0 Å². The molecule has 5 aliphatic rings. The zero-order valence-electron chi connectivity index (χ0n) is 21.9. The smallest absolute Gasteiger partial charge is 0.137 e. The summed E-state index contributed by atoms with van der Waals surface area (Å²) in [7, 11) is 0. The Bertz CT molecular complexity index is 764. The Morgan fingerprint density at radius 3 is 2.03 bits per heavy atom. The molecule has 0 radical (unpaired) electrons. The summed E-state index contributed by atoms with van der Waals surface area (Å²) >= 11 is 0. The number of hydrogen-bond donors (Lipinski definition) is 0. The molecule has 0 amide bonds. The highest BCUT2D eigenvalue weighted by atomic mass is 16.1. The van der Waals surface area contributed by atoms with Crippen LogP contribution in [0, 0.1) is 62.6 Å². The van der Waals surface area contributed by atoms with Crippen molar-refractivity contribution in [3.63, 3.8) is 0 Å². The monoisotopic (exact) mass is 426 g/mol. The maximum atomic E-state index is 14.0. The molecule has 5 saturated carbocycles. The van der Waals surface area contributed by atoms with Crippen LogP contribution in [0.4, 0.5) is 0 Å². The van der Waals surface area contributed by atoms with Gasteiger partial charge in [-0.25, -0.2) is 0 Å². The molecule has 0 heterocycles. The lowest BCUT2D eigenvalue weighted by Crippen LogP contribution is -2.67. The van der Waals surface area contributed by atoms with Gasteiger partial charge in [0.25, 0.3) is 0 Å². The number of Topliss-reactive ketones (excluding diaryl/α,β-unsaturated/α-hetero) is 1. The zero-order valence-corrected chi connectivity index (χ0v) is 21.9. The van der Waals surface area contributed by atoms with E-state index in [0.29, 0.717) is 16.6 Å². The van der Waals surface area contributed by atoms with E-state index >= 15 is 0 Å². The second kappa shape index (κ2) is 6.63. The number of carbonyl (C=O) groups excluding carboxylic acids is 1. The Hall–Kier alpha value is -0.330. The highest BCUT2D eigenvalue weighted by Crippen LogP contribution is 2.77. The van der Waals surface area contributed by atoms with Gasteiger partial charge in [0.1, 0.15) is 5.78 Å². The average molecular weight is 427 g/mol. The Morgan fingerprint density at radius 2 is 1.39 bits per heavy atom. The molecule has 0 saturated heterocycles. The van der Waals surface area contributed by atoms with Crippen LogP contribution >= 0.6 is 0 Å². The molecule has 5 fully saturated rings. The van der Waals surface area contributed by atoms with E-state index in [1.165, 1.54) is 57.8 Å². The lowest BCUT2D eigenvalue weighted by molar-refractivity contribution is -0.233. The first-order valence-corrected chi connectivity index (χ1v) is 13.8. The number of fused-ring (bicyclic) bond motifs is 7. The van der Waals surface area contributed by atoms with Crippen LogP contribution in [-0.4, -0.2) is 5.78 Å². The predicted octanol–water partition coefficient (Wildman–Crippen LogP) is 8.31. The summed E-state index contributed by atoms with van der Waals surface area (Å²) in [4.78, 5) is 14.0. The highest BCUT2D eigenvalue weighted by Gasteiger charge is 2.71. The third-order valence-electron chi connectivity index (χ3n) is 13.2. The molecule has 9 atom stereocenters. The summed E-state index contributed by atoms with van der Waals surface area (Å²) in [5, 5.41) is 0. The first-order valence-electron chi connectivity index (χ1n) is 13.8. The lowest BCUT2D eigenvalue weighted by Gasteiger charge is -2.72. The van der Waals surface area contributed by atoms with Crippen LogP contribution in [0.2, 0.25) is 0 Å². The molecule has 1 nitrogen and oxygen atoms in total. The number of hydrogen-bond acceptors (Lipinski definition) is 1. The van der Waals surface area contributed by atoms with Crippen molar-refractivity contribution in [3.8, 4) is 0 Å². The van der Waals surface area contributed by atoms with Gasteiger partial charge in [-0.2, -0.15) is 0 Å². The van der Waals surface area contributed by atoms with Crippen molar-refractivity contribution >= 4 is 5.78 Å². The molecule has 5 aliphatic carbocycles. The van der Waals surface area contributed by atoms with Gasteiger partial charge >= 0.3 is 0 Å². The normalized spacial score (nSPS) is 55.9. The van der Waals surface area contributed by atoms with E-state index in [-0.39, 0.29) is 22.2 Å². The van der Waals surface area contributed by atoms with E-state index in [1.807, 2.05) is 0 Å². The van der Waals surface area contributed by atoms with Crippen molar-refractivity contribution in [2.24, 2.45) is 62.6 Å². The lowest BCUT2D eigenvalue weighted by atomic mass is 9.32. The van der Waals surface area contributed by atoms with Gasteiger partial charge in [-0.1, -0.05) is 61.8 Å². The Balaban J connectivity index is 1.56. The minimum Gasteiger partial charge on any atom is -0.299 e. The summed E-state index contributed by atoms with van der Waals surface area (Å²) in [6, 6.07) is 0. The SMILES string of the molecule is CC(C)[C@@H]1CC[C@]2(C)[C@H]3CC[C@@H]4[C@@]5(C)CCCC(C)(C)[C@@H]5C(=O)C[C@@]4(C)[C@]3(C)CC[C@@H]12. The summed E-state index contributed by atoms with van der Waals surface area (Å²) in [5.74, 6) is 5.13. The van der Waals surface area contributed by atoms with Crippen LogP contribution in [0.3, 0.4) is 0 Å².